The Kier molecular flexibility index (Phi) is 27.1. The van der Waals surface area contributed by atoms with Crippen LogP contribution in [0, 0.1) is 0 Å². The summed E-state index contributed by atoms with van der Waals surface area (Å²) in [5.41, 5.74) is 0. The van der Waals surface area contributed by atoms with Crippen LogP contribution < -0.4 is 0 Å². The van der Waals surface area contributed by atoms with Crippen LogP contribution >= 0.6 is 0 Å². The van der Waals surface area contributed by atoms with E-state index in [4.69, 9.17) is 99.5 Å². The first-order valence-corrected chi connectivity index (χ1v) is 26.5. The van der Waals surface area contributed by atoms with Gasteiger partial charge in [0.15, 0.2) is 79.9 Å². The van der Waals surface area contributed by atoms with Crippen molar-refractivity contribution in [1.29, 1.82) is 0 Å². The maximum absolute atomic E-state index is 13.5. The molecule has 488 valence electrons. The van der Waals surface area contributed by atoms with Crippen LogP contribution in [-0.4, -0.2) is 233 Å². The van der Waals surface area contributed by atoms with Crippen LogP contribution in [0.15, 0.2) is 0 Å². The Morgan fingerprint density at radius 1 is 0.207 bits per heavy atom. The van der Waals surface area contributed by atoms with Crippen molar-refractivity contribution >= 4 is 83.6 Å². The second kappa shape index (κ2) is 32.9. The highest BCUT2D eigenvalue weighted by Gasteiger charge is 2.62. The van der Waals surface area contributed by atoms with Gasteiger partial charge >= 0.3 is 83.6 Å². The first kappa shape index (κ1) is 71.8. The maximum atomic E-state index is 13.5. The highest BCUT2D eigenvalue weighted by Crippen LogP contribution is 2.40. The van der Waals surface area contributed by atoms with Gasteiger partial charge in [-0.2, -0.15) is 0 Å². The minimum atomic E-state index is -2.33. The second-order valence-electron chi connectivity index (χ2n) is 19.5. The molecule has 4 heterocycles. The minimum Gasteiger partial charge on any atom is -0.463 e. The van der Waals surface area contributed by atoms with E-state index in [2.05, 4.69) is 0 Å². The first-order valence-electron chi connectivity index (χ1n) is 26.5. The van der Waals surface area contributed by atoms with Gasteiger partial charge in [-0.15, -0.1) is 0 Å². The lowest BCUT2D eigenvalue weighted by atomic mass is 9.94. The van der Waals surface area contributed by atoms with E-state index < -0.39 is 233 Å². The number of carbonyl (C=O) groups excluding carboxylic acids is 14. The van der Waals surface area contributed by atoms with Crippen LogP contribution in [0.25, 0.3) is 0 Å². The number of carbonyl (C=O) groups is 14. The summed E-state index contributed by atoms with van der Waals surface area (Å²) in [4.78, 5) is 179. The molecule has 0 aliphatic carbocycles. The average Bonchev–Trinajstić information content (AvgIpc) is 0.864. The second-order valence-corrected chi connectivity index (χ2v) is 19.5. The van der Waals surface area contributed by atoms with Crippen molar-refractivity contribution in [3.8, 4) is 0 Å². The molecule has 4 rings (SSSR count). The van der Waals surface area contributed by atoms with Gasteiger partial charge in [0.2, 0.25) is 6.29 Å². The molecular formula is C52H70O35. The summed E-state index contributed by atoms with van der Waals surface area (Å²) >= 11 is 0. The molecule has 0 saturated carbocycles. The van der Waals surface area contributed by atoms with E-state index in [1.165, 1.54) is 0 Å². The molecule has 0 amide bonds. The van der Waals surface area contributed by atoms with Gasteiger partial charge in [-0.25, -0.2) is 0 Å². The normalized spacial score (nSPS) is 31.9. The first-order chi connectivity index (χ1) is 40.6. The standard InChI is InChI=1S/C52H70O35/c1-19(53)67-15-33-38(72-24(6)58)42(76-28(10)62)48(49(81-33)80-32(14)66)87-52-47(79-31(13)65)44(40(74-26(8)60)36(84-52)18-70-22(4)56)86-51-46(78-30(12)64)43(39(73-25(7)59)35(83-51)17-69-21(3)55)85-50-45(77-29(11)63)41(75-27(9)61)37(71-23(5)57)34(82-50)16-68-20(2)54/h33-52H,15-18H2,1-14H3/t33-,34-,35-,36-,37-,38-,39-,40-,41+,42+,43+,44+,45+,46+,47+,48+,49?,50-,51-,52-/m1/s1. The van der Waals surface area contributed by atoms with E-state index >= 15 is 0 Å². The molecule has 0 radical (unpaired) electrons. The van der Waals surface area contributed by atoms with Crippen LogP contribution in [-0.2, 0) is 167 Å². The summed E-state index contributed by atoms with van der Waals surface area (Å²) < 4.78 is 122. The summed E-state index contributed by atoms with van der Waals surface area (Å²) in [7, 11) is 0. The van der Waals surface area contributed by atoms with E-state index in [1.807, 2.05) is 0 Å². The third-order valence-corrected chi connectivity index (χ3v) is 12.0. The summed E-state index contributed by atoms with van der Waals surface area (Å²) in [5, 5.41) is 0. The topological polar surface area (TPSA) is 433 Å². The zero-order valence-electron chi connectivity index (χ0n) is 49.7. The Morgan fingerprint density at radius 3 is 0.632 bits per heavy atom. The Balaban J connectivity index is 2.08. The molecule has 0 aromatic carbocycles. The van der Waals surface area contributed by atoms with Crippen molar-refractivity contribution in [3.63, 3.8) is 0 Å². The zero-order valence-corrected chi connectivity index (χ0v) is 49.7. The van der Waals surface area contributed by atoms with E-state index in [0.717, 1.165) is 96.9 Å². The smallest absolute Gasteiger partial charge is 0.305 e. The third kappa shape index (κ3) is 21.9. The quantitative estimate of drug-likeness (QED) is 0.0763. The molecule has 4 aliphatic rings. The van der Waals surface area contributed by atoms with Gasteiger partial charge in [-0.3, -0.25) is 67.1 Å². The SMILES string of the molecule is CC(=O)OC[C@H]1O[C@H](O[C@@H]2[C@H](OC(C)=O)[C@@H](O[C@@H]3[C@H](OC(C)=O)[C@@H](O[C@@H]4C(OC(C)=O)O[C@H](COC(C)=O)[C@@H](OC(C)=O)[C@@H]4OC(C)=O)O[C@H](COC(C)=O)[C@H]3OC(C)=O)O[C@H](COC(C)=O)[C@H]2OC(C)=O)[C@@H](OC(C)=O)[C@@H](OC(C)=O)[C@@H]1OC(C)=O. The molecule has 4 aliphatic heterocycles. The van der Waals surface area contributed by atoms with Gasteiger partial charge in [0.05, 0.1) is 0 Å². The Hall–Kier alpha value is -7.70. The van der Waals surface area contributed by atoms with E-state index in [1.54, 1.807) is 0 Å². The fourth-order valence-corrected chi connectivity index (χ4v) is 9.29. The predicted molar refractivity (Wildman–Crippen MR) is 268 cm³/mol. The van der Waals surface area contributed by atoms with Gasteiger partial charge < -0.3 is 99.5 Å². The van der Waals surface area contributed by atoms with Crippen molar-refractivity contribution in [2.24, 2.45) is 0 Å². The molecular weight excluding hydrogens is 1180 g/mol. The van der Waals surface area contributed by atoms with Crippen molar-refractivity contribution in [1.82, 2.24) is 0 Å². The van der Waals surface area contributed by atoms with Gasteiger partial charge in [0.25, 0.3) is 0 Å². The molecule has 0 aromatic heterocycles. The summed E-state index contributed by atoms with van der Waals surface area (Å²) in [6.45, 7) is 9.69. The molecule has 87 heavy (non-hydrogen) atoms. The van der Waals surface area contributed by atoms with Crippen molar-refractivity contribution in [3.05, 3.63) is 0 Å². The average molecular weight is 1260 g/mol. The Bertz CT molecular complexity index is 2530. The van der Waals surface area contributed by atoms with Crippen LogP contribution in [0.5, 0.6) is 0 Å². The summed E-state index contributed by atoms with van der Waals surface area (Å²) in [5.74, 6) is -14.8. The lowest BCUT2D eigenvalue weighted by Crippen LogP contribution is -2.70. The van der Waals surface area contributed by atoms with Gasteiger partial charge in [-0.1, -0.05) is 0 Å². The number of hydrogen-bond donors (Lipinski definition) is 0. The Labute approximate surface area is 495 Å². The van der Waals surface area contributed by atoms with Gasteiger partial charge in [-0.05, 0) is 0 Å². The zero-order chi connectivity index (χ0) is 65.3. The largest absolute Gasteiger partial charge is 0.463 e. The molecule has 0 bridgehead atoms. The molecule has 0 aromatic rings. The van der Waals surface area contributed by atoms with Crippen LogP contribution in [0.1, 0.15) is 96.9 Å². The van der Waals surface area contributed by atoms with Gasteiger partial charge in [0, 0.05) is 96.9 Å². The van der Waals surface area contributed by atoms with Crippen molar-refractivity contribution in [2.45, 2.75) is 220 Å². The number of ether oxygens (including phenoxy) is 21. The summed E-state index contributed by atoms with van der Waals surface area (Å²) in [6.07, 6.45) is -40.2. The highest BCUT2D eigenvalue weighted by atomic mass is 16.8. The van der Waals surface area contributed by atoms with Gasteiger partial charge in [0.1, 0.15) is 63.1 Å². The molecule has 35 heteroatoms. The molecule has 4 saturated heterocycles. The lowest BCUT2D eigenvalue weighted by Gasteiger charge is -2.51. The van der Waals surface area contributed by atoms with Crippen molar-refractivity contribution in [2.75, 3.05) is 26.4 Å². The molecule has 0 N–H and O–H groups in total. The van der Waals surface area contributed by atoms with Crippen molar-refractivity contribution < 1.29 is 167 Å². The molecule has 1 unspecified atom stereocenters. The summed E-state index contributed by atoms with van der Waals surface area (Å²) in [6, 6.07) is 0. The molecule has 0 spiro atoms. The fraction of sp³-hybridized carbons (Fsp3) is 0.731. The fourth-order valence-electron chi connectivity index (χ4n) is 9.29. The van der Waals surface area contributed by atoms with Crippen LogP contribution in [0.4, 0.5) is 0 Å². The maximum Gasteiger partial charge on any atom is 0.305 e. The highest BCUT2D eigenvalue weighted by molar-refractivity contribution is 5.71. The van der Waals surface area contributed by atoms with Crippen LogP contribution in [0.2, 0.25) is 0 Å². The monoisotopic (exact) mass is 1250 g/mol. The predicted octanol–water partition coefficient (Wildman–Crippen LogP) is -1.76. The third-order valence-electron chi connectivity index (χ3n) is 12.0. The molecule has 35 nitrogen and oxygen atoms in total. The number of esters is 14. The molecule has 4 fully saturated rings. The lowest BCUT2D eigenvalue weighted by molar-refractivity contribution is -0.392. The molecule has 20 atom stereocenters. The van der Waals surface area contributed by atoms with E-state index in [9.17, 15) is 67.1 Å². The Morgan fingerprint density at radius 2 is 0.391 bits per heavy atom. The van der Waals surface area contributed by atoms with Crippen LogP contribution in [0.3, 0.4) is 0 Å². The minimum absolute atomic E-state index is 0.726. The number of rotatable bonds is 24. The van der Waals surface area contributed by atoms with E-state index in [0.29, 0.717) is 0 Å². The number of hydrogen-bond acceptors (Lipinski definition) is 35. The van der Waals surface area contributed by atoms with E-state index in [-0.39, 0.29) is 0 Å².